The monoisotopic (exact) mass is 402 g/mol. The Morgan fingerprint density at radius 3 is 1.15 bits per heavy atom. The first-order valence-electron chi connectivity index (χ1n) is 11.2. The van der Waals surface area contributed by atoms with Gasteiger partial charge in [0.15, 0.2) is 0 Å². The molecule has 4 bridgehead atoms. The molecule has 0 saturated heterocycles. The van der Waals surface area contributed by atoms with Crippen LogP contribution in [0.25, 0.3) is 0 Å². The Morgan fingerprint density at radius 2 is 0.885 bits per heavy atom. The zero-order valence-electron chi connectivity index (χ0n) is 16.3. The molecule has 0 aromatic heterocycles. The van der Waals surface area contributed by atoms with Gasteiger partial charge in [-0.05, 0) is 98.7 Å². The van der Waals surface area contributed by atoms with Gasteiger partial charge in [-0.3, -0.25) is 0 Å². The molecule has 0 aliphatic heterocycles. The molecule has 6 fully saturated rings. The number of nitrogens with two attached hydrogens (primary N) is 2. The van der Waals surface area contributed by atoms with Gasteiger partial charge in [-0.15, -0.1) is 24.8 Å². The highest BCUT2D eigenvalue weighted by atomic mass is 35.5. The van der Waals surface area contributed by atoms with Crippen LogP contribution in [0.3, 0.4) is 0 Å². The number of hydrogen-bond acceptors (Lipinski definition) is 2. The summed E-state index contributed by atoms with van der Waals surface area (Å²) in [6, 6.07) is 1.16. The first kappa shape index (κ1) is 21.2. The second-order valence-electron chi connectivity index (χ2n) is 10.5. The Balaban J connectivity index is 0.000000140. The predicted molar refractivity (Wildman–Crippen MR) is 114 cm³/mol. The van der Waals surface area contributed by atoms with Crippen LogP contribution in [0.5, 0.6) is 0 Å². The van der Waals surface area contributed by atoms with E-state index in [-0.39, 0.29) is 24.8 Å². The average molecular weight is 403 g/mol. The zero-order valence-corrected chi connectivity index (χ0v) is 18.0. The molecule has 6 aliphatic carbocycles. The van der Waals surface area contributed by atoms with Crippen LogP contribution < -0.4 is 11.5 Å². The van der Waals surface area contributed by atoms with Crippen molar-refractivity contribution >= 4 is 24.8 Å². The van der Waals surface area contributed by atoms with Crippen LogP contribution >= 0.6 is 24.8 Å². The predicted octanol–water partition coefficient (Wildman–Crippen LogP) is 5.45. The van der Waals surface area contributed by atoms with Crippen molar-refractivity contribution in [1.29, 1.82) is 0 Å². The van der Waals surface area contributed by atoms with Gasteiger partial charge in [-0.25, -0.2) is 0 Å². The lowest BCUT2D eigenvalue weighted by Gasteiger charge is -2.39. The molecular weight excluding hydrogens is 363 g/mol. The fourth-order valence-corrected chi connectivity index (χ4v) is 8.76. The van der Waals surface area contributed by atoms with Crippen LogP contribution in [0.4, 0.5) is 0 Å². The van der Waals surface area contributed by atoms with Crippen molar-refractivity contribution in [2.45, 2.75) is 102 Å². The van der Waals surface area contributed by atoms with Gasteiger partial charge in [0.25, 0.3) is 0 Å². The smallest absolute Gasteiger partial charge is 0.0127 e. The molecule has 0 unspecified atom stereocenters. The lowest BCUT2D eigenvalue weighted by atomic mass is 9.69. The molecule has 26 heavy (non-hydrogen) atoms. The molecule has 6 aliphatic rings. The third-order valence-electron chi connectivity index (χ3n) is 9.98. The molecule has 0 heterocycles. The van der Waals surface area contributed by atoms with Crippen LogP contribution in [-0.2, 0) is 0 Å². The van der Waals surface area contributed by atoms with Crippen molar-refractivity contribution in [3.8, 4) is 0 Å². The quantitative estimate of drug-likeness (QED) is 0.565. The molecule has 6 saturated carbocycles. The maximum absolute atomic E-state index is 6.36. The van der Waals surface area contributed by atoms with Gasteiger partial charge in [0.05, 0.1) is 0 Å². The summed E-state index contributed by atoms with van der Waals surface area (Å²) in [7, 11) is 0. The average Bonchev–Trinajstić information content (AvgIpc) is 3.43. The van der Waals surface area contributed by atoms with Gasteiger partial charge in [0.1, 0.15) is 0 Å². The van der Waals surface area contributed by atoms with Gasteiger partial charge < -0.3 is 11.5 Å². The second kappa shape index (κ2) is 7.73. The van der Waals surface area contributed by atoms with Crippen LogP contribution in [-0.4, -0.2) is 12.1 Å². The Bertz CT molecular complexity index is 433. The van der Waals surface area contributed by atoms with Crippen LogP contribution in [0.1, 0.15) is 89.9 Å². The van der Waals surface area contributed by atoms with E-state index in [4.69, 9.17) is 11.5 Å². The second-order valence-corrected chi connectivity index (χ2v) is 10.5. The van der Waals surface area contributed by atoms with E-state index in [9.17, 15) is 0 Å². The van der Waals surface area contributed by atoms with Crippen LogP contribution in [0.2, 0.25) is 0 Å². The van der Waals surface area contributed by atoms with Crippen LogP contribution in [0, 0.1) is 34.5 Å². The van der Waals surface area contributed by atoms with E-state index in [1.165, 1.54) is 89.9 Å². The maximum atomic E-state index is 6.36. The van der Waals surface area contributed by atoms with E-state index in [1.807, 2.05) is 0 Å². The third-order valence-corrected chi connectivity index (χ3v) is 9.98. The lowest BCUT2D eigenvalue weighted by Crippen LogP contribution is -2.44. The molecule has 0 amide bonds. The summed E-state index contributed by atoms with van der Waals surface area (Å²) in [6.45, 7) is 0. The summed E-state index contributed by atoms with van der Waals surface area (Å²) >= 11 is 0. The number of hydrogen-bond donors (Lipinski definition) is 2. The standard InChI is InChI=1S/2C11H19N.2ClH/c2*12-10-8-3-4-9(7-8)11(10)5-1-2-6-11;;/h2*8-10H,1-7,12H2;2*1H/t2*8-,9+,10-;;/m10../s1. The summed E-state index contributed by atoms with van der Waals surface area (Å²) < 4.78 is 0. The normalized spacial score (nSPS) is 45.5. The molecule has 0 radical (unpaired) electrons. The van der Waals surface area contributed by atoms with E-state index < -0.39 is 0 Å². The Morgan fingerprint density at radius 1 is 0.538 bits per heavy atom. The third kappa shape index (κ3) is 2.88. The van der Waals surface area contributed by atoms with E-state index >= 15 is 0 Å². The molecule has 0 aromatic rings. The minimum Gasteiger partial charge on any atom is -0.327 e. The van der Waals surface area contributed by atoms with E-state index in [0.29, 0.717) is 22.9 Å². The first-order chi connectivity index (χ1) is 11.7. The van der Waals surface area contributed by atoms with Crippen molar-refractivity contribution in [3.63, 3.8) is 0 Å². The number of halogens is 2. The molecule has 6 atom stereocenters. The highest BCUT2D eigenvalue weighted by Crippen LogP contribution is 2.62. The van der Waals surface area contributed by atoms with E-state index in [1.54, 1.807) is 0 Å². The molecule has 6 rings (SSSR count). The summed E-state index contributed by atoms with van der Waals surface area (Å²) in [5.41, 5.74) is 14.0. The summed E-state index contributed by atoms with van der Waals surface area (Å²) in [6.07, 6.45) is 20.5. The molecule has 2 nitrogen and oxygen atoms in total. The fraction of sp³-hybridized carbons (Fsp3) is 1.00. The number of rotatable bonds is 0. The Hall–Kier alpha value is 0.500. The van der Waals surface area contributed by atoms with Gasteiger partial charge in [0.2, 0.25) is 0 Å². The lowest BCUT2D eigenvalue weighted by molar-refractivity contribution is 0.139. The minimum absolute atomic E-state index is 0. The van der Waals surface area contributed by atoms with Crippen LogP contribution in [0.15, 0.2) is 0 Å². The van der Waals surface area contributed by atoms with Gasteiger partial charge in [0, 0.05) is 12.1 Å². The van der Waals surface area contributed by atoms with Crippen molar-refractivity contribution < 1.29 is 0 Å². The van der Waals surface area contributed by atoms with Crippen molar-refractivity contribution in [1.82, 2.24) is 0 Å². The Kier molecular flexibility index (Phi) is 6.31. The molecule has 2 spiro atoms. The highest BCUT2D eigenvalue weighted by Gasteiger charge is 2.57. The number of fused-ring (bicyclic) bond motifs is 6. The zero-order chi connectivity index (χ0) is 16.4. The van der Waals surface area contributed by atoms with Gasteiger partial charge in [-0.1, -0.05) is 25.7 Å². The summed E-state index contributed by atoms with van der Waals surface area (Å²) in [5, 5.41) is 0. The summed E-state index contributed by atoms with van der Waals surface area (Å²) in [4.78, 5) is 0. The van der Waals surface area contributed by atoms with Gasteiger partial charge >= 0.3 is 0 Å². The molecule has 0 aromatic carbocycles. The first-order valence-corrected chi connectivity index (χ1v) is 11.2. The van der Waals surface area contributed by atoms with Crippen molar-refractivity contribution in [2.75, 3.05) is 0 Å². The maximum Gasteiger partial charge on any atom is 0.0127 e. The molecular formula is C22H40Cl2N2. The fourth-order valence-electron chi connectivity index (χ4n) is 8.76. The largest absolute Gasteiger partial charge is 0.327 e. The SMILES string of the molecule is Cl.Cl.N[C@@H]1[C@@H]2CC[C@@H](C2)C12CCCC2.N[C@H]1[C@H]2CC[C@H](C2)C12CCCC2. The highest BCUT2D eigenvalue weighted by molar-refractivity contribution is 5.85. The molecule has 4 N–H and O–H groups in total. The topological polar surface area (TPSA) is 52.0 Å². The van der Waals surface area contributed by atoms with E-state index in [0.717, 1.165) is 23.7 Å². The summed E-state index contributed by atoms with van der Waals surface area (Å²) in [5.74, 6) is 3.88. The molecule has 4 heteroatoms. The van der Waals surface area contributed by atoms with Gasteiger partial charge in [-0.2, -0.15) is 0 Å². The van der Waals surface area contributed by atoms with Crippen molar-refractivity contribution in [2.24, 2.45) is 46.0 Å². The Labute approximate surface area is 172 Å². The minimum atomic E-state index is 0. The van der Waals surface area contributed by atoms with Crippen molar-refractivity contribution in [3.05, 3.63) is 0 Å². The van der Waals surface area contributed by atoms with E-state index in [2.05, 4.69) is 0 Å². The molecule has 152 valence electrons.